The number of methoxy groups -OCH3 is 1. The van der Waals surface area contributed by atoms with E-state index in [1.807, 2.05) is 0 Å². The van der Waals surface area contributed by atoms with Gasteiger partial charge >= 0.3 is 6.09 Å². The molecule has 0 fully saturated rings. The van der Waals surface area contributed by atoms with Gasteiger partial charge in [-0.2, -0.15) is 4.98 Å². The molecule has 0 atom stereocenters. The van der Waals surface area contributed by atoms with E-state index in [-0.39, 0.29) is 44.3 Å². The summed E-state index contributed by atoms with van der Waals surface area (Å²) in [5, 5.41) is 7.91. The average molecular weight is 385 g/mol. The third-order valence-corrected chi connectivity index (χ3v) is 1.97. The molecule has 0 aliphatic heterocycles. The first-order valence-electron chi connectivity index (χ1n) is 5.57. The first kappa shape index (κ1) is 20.4. The Morgan fingerprint density at radius 1 is 1.36 bits per heavy atom. The van der Waals surface area contributed by atoms with Gasteiger partial charge in [-0.25, -0.2) is 9.78 Å². The number of ether oxygens (including phenoxy) is 1. The molecule has 0 spiro atoms. The van der Waals surface area contributed by atoms with Crippen LogP contribution in [0.1, 0.15) is 6.92 Å². The normalized spacial score (nSPS) is 10.8. The van der Waals surface area contributed by atoms with E-state index >= 15 is 0 Å². The molecule has 1 aromatic heterocycles. The summed E-state index contributed by atoms with van der Waals surface area (Å²) < 4.78 is 4.56. The summed E-state index contributed by atoms with van der Waals surface area (Å²) in [6, 6.07) is 0. The van der Waals surface area contributed by atoms with Crippen LogP contribution in [0.2, 0.25) is 0 Å². The van der Waals surface area contributed by atoms with Crippen LogP contribution in [0.5, 0.6) is 5.88 Å². The second-order valence-corrected chi connectivity index (χ2v) is 3.31. The van der Waals surface area contributed by atoms with Crippen LogP contribution < -0.4 is 9.90 Å². The summed E-state index contributed by atoms with van der Waals surface area (Å²) >= 11 is 0. The molecule has 1 radical (unpaired) electrons. The number of amides is 1. The Balaban J connectivity index is 0.00000441. The molecule has 1 rings (SSSR count). The Bertz CT molecular complexity index is 539. The molecule has 10 nitrogen and oxygen atoms in total. The minimum atomic E-state index is -0.773. The maximum absolute atomic E-state index is 11.6. The minimum Gasteiger partial charge on any atom is -0.451 e. The van der Waals surface area contributed by atoms with Crippen molar-refractivity contribution in [3.05, 3.63) is 12.5 Å². The fourth-order valence-electron chi connectivity index (χ4n) is 1.12. The van der Waals surface area contributed by atoms with Gasteiger partial charge in [-0.15, -0.1) is 10.2 Å². The standard InChI is InChI=1S/C11H14N5O5.Y/c1-8(5-14-19-3)15-21-10-9(6-12-7-13-10)16(20-4)11(17)18-2;/h6-7H,1-4H3;/q-1;/b15-8+;. The Morgan fingerprint density at radius 3 is 2.68 bits per heavy atom. The number of hydrogen-bond donors (Lipinski definition) is 0. The second-order valence-electron chi connectivity index (χ2n) is 3.31. The Hall–Kier alpha value is -1.65. The summed E-state index contributed by atoms with van der Waals surface area (Å²) in [6.45, 7) is 1.58. The maximum Gasteiger partial charge on any atom is 0.438 e. The number of carbonyl (C=O) groups excluding carboxylic acids is 1. The smallest absolute Gasteiger partial charge is 0.438 e. The van der Waals surface area contributed by atoms with Gasteiger partial charge in [0.2, 0.25) is 0 Å². The van der Waals surface area contributed by atoms with Gasteiger partial charge in [0.05, 0.1) is 20.4 Å². The first-order valence-corrected chi connectivity index (χ1v) is 5.57. The van der Waals surface area contributed by atoms with Crippen molar-refractivity contribution in [1.82, 2.24) is 9.97 Å². The molecule has 0 aliphatic carbocycles. The van der Waals surface area contributed by atoms with Gasteiger partial charge in [0.15, 0.2) is 5.69 Å². The van der Waals surface area contributed by atoms with Crippen LogP contribution in [0.15, 0.2) is 22.8 Å². The number of oxime groups is 1. The summed E-state index contributed by atoms with van der Waals surface area (Å²) in [7, 11) is 3.86. The monoisotopic (exact) mass is 385 g/mol. The molecule has 1 aromatic rings. The molecule has 0 saturated heterocycles. The minimum absolute atomic E-state index is 0. The number of hydrogen-bond acceptors (Lipinski definition) is 9. The summed E-state index contributed by atoms with van der Waals surface area (Å²) in [6.07, 6.45) is 4.20. The number of carbonyl (C=O) groups is 1. The number of nitrogens with zero attached hydrogens (tertiary/aromatic N) is 5. The van der Waals surface area contributed by atoms with Crippen LogP contribution in [0.25, 0.3) is 0 Å². The van der Waals surface area contributed by atoms with Crippen molar-refractivity contribution in [1.29, 1.82) is 0 Å². The van der Waals surface area contributed by atoms with Crippen LogP contribution in [0.4, 0.5) is 10.5 Å². The van der Waals surface area contributed by atoms with E-state index in [1.54, 1.807) is 6.92 Å². The number of aromatic nitrogens is 2. The van der Waals surface area contributed by atoms with E-state index in [1.165, 1.54) is 33.9 Å². The SMILES string of the molecule is CON=[C-]/C(C)=N/Oc1ncncc1N(OC)C(=O)OC.[Y]. The molecule has 1 heterocycles. The molecular formula is C11H14N5O5Y-. The topological polar surface area (TPSA) is 108 Å². The van der Waals surface area contributed by atoms with Crippen LogP contribution in [0, 0.1) is 0 Å². The van der Waals surface area contributed by atoms with E-state index in [0.29, 0.717) is 5.71 Å². The zero-order valence-corrected chi connectivity index (χ0v) is 15.3. The Kier molecular flexibility index (Phi) is 10.2. The number of hydroxylamine groups is 1. The largest absolute Gasteiger partial charge is 0.451 e. The average Bonchev–Trinajstić information content (AvgIpc) is 2.52. The third-order valence-electron chi connectivity index (χ3n) is 1.97. The maximum atomic E-state index is 11.6. The van der Waals surface area contributed by atoms with E-state index in [9.17, 15) is 4.79 Å². The molecule has 0 bridgehead atoms. The molecule has 0 saturated carbocycles. The van der Waals surface area contributed by atoms with E-state index in [0.717, 1.165) is 5.06 Å². The molecule has 1 amide bonds. The van der Waals surface area contributed by atoms with E-state index in [4.69, 9.17) is 9.68 Å². The van der Waals surface area contributed by atoms with Crippen molar-refractivity contribution in [2.24, 2.45) is 10.3 Å². The molecule has 117 valence electrons. The second kappa shape index (κ2) is 11.0. The number of rotatable bonds is 6. The molecule has 0 unspecified atom stereocenters. The summed E-state index contributed by atoms with van der Waals surface area (Å²) in [4.78, 5) is 33.7. The van der Waals surface area contributed by atoms with Crippen LogP contribution >= 0.6 is 0 Å². The van der Waals surface area contributed by atoms with Gasteiger partial charge in [0, 0.05) is 32.7 Å². The Morgan fingerprint density at radius 2 is 2.09 bits per heavy atom. The van der Waals surface area contributed by atoms with Crippen LogP contribution in [-0.4, -0.2) is 49.3 Å². The van der Waals surface area contributed by atoms with Crippen molar-refractivity contribution in [3.8, 4) is 5.88 Å². The Labute approximate surface area is 152 Å². The molecule has 0 N–H and O–H groups in total. The van der Waals surface area contributed by atoms with Gasteiger partial charge in [-0.1, -0.05) is 12.6 Å². The zero-order chi connectivity index (χ0) is 15.7. The van der Waals surface area contributed by atoms with Gasteiger partial charge in [0.1, 0.15) is 13.4 Å². The fourth-order valence-corrected chi connectivity index (χ4v) is 1.12. The predicted molar refractivity (Wildman–Crippen MR) is 72.1 cm³/mol. The van der Waals surface area contributed by atoms with Gasteiger partial charge < -0.3 is 25.8 Å². The van der Waals surface area contributed by atoms with E-state index < -0.39 is 6.09 Å². The fraction of sp³-hybridized carbons (Fsp3) is 0.364. The molecule has 0 aromatic carbocycles. The quantitative estimate of drug-likeness (QED) is 0.406. The number of anilines is 1. The molecule has 22 heavy (non-hydrogen) atoms. The van der Waals surface area contributed by atoms with Crippen molar-refractivity contribution in [3.63, 3.8) is 0 Å². The van der Waals surface area contributed by atoms with Crippen molar-refractivity contribution < 1.29 is 56.8 Å². The first-order chi connectivity index (χ1) is 10.1. The van der Waals surface area contributed by atoms with Crippen molar-refractivity contribution in [2.45, 2.75) is 6.92 Å². The van der Waals surface area contributed by atoms with Gasteiger partial charge in [-0.3, -0.25) is 4.84 Å². The third kappa shape index (κ3) is 6.00. The van der Waals surface area contributed by atoms with Crippen molar-refractivity contribution >= 4 is 23.7 Å². The summed E-state index contributed by atoms with van der Waals surface area (Å²) in [5.41, 5.74) is 0.413. The van der Waals surface area contributed by atoms with E-state index in [2.05, 4.69) is 36.1 Å². The molecular weight excluding hydrogens is 371 g/mol. The van der Waals surface area contributed by atoms with Gasteiger partial charge in [0.25, 0.3) is 5.88 Å². The van der Waals surface area contributed by atoms with Gasteiger partial charge in [-0.05, 0) is 0 Å². The summed E-state index contributed by atoms with van der Waals surface area (Å²) in [5.74, 6) is -0.0178. The van der Waals surface area contributed by atoms with Crippen LogP contribution in [0.3, 0.4) is 0 Å². The predicted octanol–water partition coefficient (Wildman–Crippen LogP) is 0.872. The van der Waals surface area contributed by atoms with Crippen LogP contribution in [-0.2, 0) is 47.1 Å². The van der Waals surface area contributed by atoms with Crippen molar-refractivity contribution in [2.75, 3.05) is 26.4 Å². The molecule has 0 aliphatic rings. The molecule has 11 heteroatoms. The zero-order valence-electron chi connectivity index (χ0n) is 12.5.